The van der Waals surface area contributed by atoms with Gasteiger partial charge < -0.3 is 50.1 Å². The first-order valence-electron chi connectivity index (χ1n) is 16.9. The standard InChI is InChI=1S/C34H50FN5O8/c1-47-20-21-14-37-34(38-15-21)39-7-4-23(5-8-39)27-10-24(27)6-9-48-26-3-2-25(28(35)12-26)11-31(44)40-17-22(18-40)13-36-16-29(42)32(45)33(46)30(43)19-41/h2-3,12,14-15,22-24,27,29-30,32-33,36,41-43,45-46H,4-11,13,16-20H2,1H3/t24?,27?,29-,30+,32+,33+/m0/s1. The van der Waals surface area contributed by atoms with Crippen molar-refractivity contribution in [3.05, 3.63) is 47.5 Å². The van der Waals surface area contributed by atoms with E-state index in [1.807, 2.05) is 12.4 Å². The summed E-state index contributed by atoms with van der Waals surface area (Å²) in [5.41, 5.74) is 1.29. The Kier molecular flexibility index (Phi) is 12.9. The largest absolute Gasteiger partial charge is 0.493 e. The number of methoxy groups -OCH3 is 1. The molecule has 3 aliphatic rings. The molecule has 5 rings (SSSR count). The van der Waals surface area contributed by atoms with E-state index in [1.165, 1.54) is 12.5 Å². The Morgan fingerprint density at radius 2 is 1.79 bits per heavy atom. The molecule has 1 aromatic heterocycles. The zero-order valence-electron chi connectivity index (χ0n) is 27.5. The topological polar surface area (TPSA) is 181 Å². The molecule has 48 heavy (non-hydrogen) atoms. The van der Waals surface area contributed by atoms with Crippen LogP contribution in [0.1, 0.15) is 36.8 Å². The van der Waals surface area contributed by atoms with Crippen molar-refractivity contribution in [3.63, 3.8) is 0 Å². The lowest BCUT2D eigenvalue weighted by Crippen LogP contribution is -2.55. The molecule has 0 spiro atoms. The fourth-order valence-electron chi connectivity index (χ4n) is 6.85. The molecule has 0 bridgehead atoms. The van der Waals surface area contributed by atoms with E-state index in [4.69, 9.17) is 14.6 Å². The first-order valence-corrected chi connectivity index (χ1v) is 16.9. The molecule has 2 unspecified atom stereocenters. The van der Waals surface area contributed by atoms with Crippen LogP contribution in [0.2, 0.25) is 0 Å². The van der Waals surface area contributed by atoms with Gasteiger partial charge in [-0.05, 0) is 55.1 Å². The number of hydrogen-bond acceptors (Lipinski definition) is 12. The Morgan fingerprint density at radius 3 is 2.46 bits per heavy atom. The maximum atomic E-state index is 14.9. The Balaban J connectivity index is 0.940. The lowest BCUT2D eigenvalue weighted by molar-refractivity contribution is -0.136. The van der Waals surface area contributed by atoms with E-state index in [9.17, 15) is 29.6 Å². The number of anilines is 1. The van der Waals surface area contributed by atoms with Crippen LogP contribution in [0.5, 0.6) is 5.75 Å². The van der Waals surface area contributed by atoms with Crippen LogP contribution in [0.15, 0.2) is 30.6 Å². The van der Waals surface area contributed by atoms with E-state index in [1.54, 1.807) is 24.1 Å². The minimum atomic E-state index is -1.67. The van der Waals surface area contributed by atoms with E-state index in [0.717, 1.165) is 43.9 Å². The molecular weight excluding hydrogens is 625 g/mol. The number of aliphatic hydroxyl groups excluding tert-OH is 5. The average Bonchev–Trinajstić information content (AvgIpc) is 3.85. The SMILES string of the molecule is COCc1cnc(N2CCC(C3CC3CCOc3ccc(CC(=O)N4CC(CNC[C@H](O)[C@@H](O)[C@H](O)[C@H](O)CO)C4)c(F)c3)CC2)nc1. The second-order valence-corrected chi connectivity index (χ2v) is 13.5. The van der Waals surface area contributed by atoms with Gasteiger partial charge in [-0.1, -0.05) is 6.07 Å². The van der Waals surface area contributed by atoms with Crippen molar-refractivity contribution < 1.29 is 44.2 Å². The summed E-state index contributed by atoms with van der Waals surface area (Å²) in [6.07, 6.45) is 1.83. The maximum absolute atomic E-state index is 14.9. The van der Waals surface area contributed by atoms with E-state index < -0.39 is 36.8 Å². The highest BCUT2D eigenvalue weighted by molar-refractivity contribution is 5.79. The van der Waals surface area contributed by atoms with Crippen molar-refractivity contribution in [1.82, 2.24) is 20.2 Å². The normalized spacial score (nSPS) is 22.6. The molecule has 3 heterocycles. The number of ether oxygens (including phenoxy) is 2. The van der Waals surface area contributed by atoms with Gasteiger partial charge >= 0.3 is 0 Å². The van der Waals surface area contributed by atoms with Gasteiger partial charge in [0, 0.05) is 76.3 Å². The van der Waals surface area contributed by atoms with Crippen LogP contribution in [0.4, 0.5) is 10.3 Å². The molecule has 2 saturated heterocycles. The smallest absolute Gasteiger partial charge is 0.227 e. The number of rotatable bonds is 18. The number of nitrogens with one attached hydrogen (secondary N) is 1. The lowest BCUT2D eigenvalue weighted by atomic mass is 9.90. The summed E-state index contributed by atoms with van der Waals surface area (Å²) in [6.45, 7) is 3.62. The number of halogens is 1. The number of benzene rings is 1. The van der Waals surface area contributed by atoms with E-state index in [-0.39, 0.29) is 24.8 Å². The molecule has 2 aliphatic heterocycles. The van der Waals surface area contributed by atoms with Gasteiger partial charge in [0.15, 0.2) is 0 Å². The molecule has 2 aromatic rings. The molecule has 13 nitrogen and oxygen atoms in total. The number of nitrogens with zero attached hydrogens (tertiary/aromatic N) is 4. The molecule has 0 radical (unpaired) electrons. The molecule has 3 fully saturated rings. The highest BCUT2D eigenvalue weighted by Crippen LogP contribution is 2.49. The third kappa shape index (κ3) is 9.59. The predicted octanol–water partition coefficient (Wildman–Crippen LogP) is 0.110. The number of amides is 1. The van der Waals surface area contributed by atoms with Crippen molar-refractivity contribution in [1.29, 1.82) is 0 Å². The third-order valence-electron chi connectivity index (χ3n) is 9.95. The van der Waals surface area contributed by atoms with Gasteiger partial charge in [0.1, 0.15) is 29.9 Å². The molecular formula is C34H50FN5O8. The third-order valence-corrected chi connectivity index (χ3v) is 9.95. The van der Waals surface area contributed by atoms with Gasteiger partial charge in [-0.15, -0.1) is 0 Å². The van der Waals surface area contributed by atoms with Crippen molar-refractivity contribution in [2.75, 3.05) is 64.5 Å². The number of carbonyl (C=O) groups excluding carboxylic acids is 1. The van der Waals surface area contributed by atoms with E-state index in [0.29, 0.717) is 61.9 Å². The van der Waals surface area contributed by atoms with Crippen LogP contribution in [0, 0.1) is 29.5 Å². The first-order chi connectivity index (χ1) is 23.2. The zero-order chi connectivity index (χ0) is 34.2. The van der Waals surface area contributed by atoms with Crippen LogP contribution in [0.25, 0.3) is 0 Å². The second kappa shape index (κ2) is 17.1. The van der Waals surface area contributed by atoms with Gasteiger partial charge in [0.05, 0.1) is 32.3 Å². The number of hydrogen-bond donors (Lipinski definition) is 6. The minimum absolute atomic E-state index is 0.0381. The highest BCUT2D eigenvalue weighted by Gasteiger charge is 2.43. The number of piperidine rings is 1. The fourth-order valence-corrected chi connectivity index (χ4v) is 6.85. The van der Waals surface area contributed by atoms with Crippen LogP contribution in [-0.2, 0) is 22.6 Å². The van der Waals surface area contributed by atoms with E-state index in [2.05, 4.69) is 20.2 Å². The quantitative estimate of drug-likeness (QED) is 0.126. The van der Waals surface area contributed by atoms with Gasteiger partial charge in [0.2, 0.25) is 11.9 Å². The van der Waals surface area contributed by atoms with Crippen molar-refractivity contribution >= 4 is 11.9 Å². The zero-order valence-corrected chi connectivity index (χ0v) is 27.5. The second-order valence-electron chi connectivity index (χ2n) is 13.5. The summed E-state index contributed by atoms with van der Waals surface area (Å²) in [5, 5.41) is 50.8. The number of carbonyl (C=O) groups is 1. The van der Waals surface area contributed by atoms with Crippen LogP contribution >= 0.6 is 0 Å². The molecule has 1 saturated carbocycles. The predicted molar refractivity (Wildman–Crippen MR) is 174 cm³/mol. The summed E-state index contributed by atoms with van der Waals surface area (Å²) in [4.78, 5) is 25.6. The molecule has 14 heteroatoms. The lowest BCUT2D eigenvalue weighted by Gasteiger charge is -2.39. The Morgan fingerprint density at radius 1 is 1.08 bits per heavy atom. The number of aromatic nitrogens is 2. The number of likely N-dealkylation sites (tertiary alicyclic amines) is 1. The first kappa shape index (κ1) is 36.3. The number of aliphatic hydroxyl groups is 5. The van der Waals surface area contributed by atoms with Gasteiger partial charge in [-0.3, -0.25) is 4.79 Å². The van der Waals surface area contributed by atoms with E-state index >= 15 is 0 Å². The Labute approximate surface area is 280 Å². The molecule has 6 atom stereocenters. The summed E-state index contributed by atoms with van der Waals surface area (Å²) < 4.78 is 25.9. The Bertz CT molecular complexity index is 1310. The molecule has 266 valence electrons. The van der Waals surface area contributed by atoms with Crippen molar-refractivity contribution in [2.45, 2.75) is 63.1 Å². The summed E-state index contributed by atoms with van der Waals surface area (Å²) >= 11 is 0. The van der Waals surface area contributed by atoms with Crippen molar-refractivity contribution in [2.24, 2.45) is 23.7 Å². The van der Waals surface area contributed by atoms with Gasteiger partial charge in [0.25, 0.3) is 0 Å². The minimum Gasteiger partial charge on any atom is -0.493 e. The van der Waals surface area contributed by atoms with Crippen LogP contribution in [-0.4, -0.2) is 130 Å². The van der Waals surface area contributed by atoms with Gasteiger partial charge in [-0.2, -0.15) is 0 Å². The molecule has 6 N–H and O–H groups in total. The monoisotopic (exact) mass is 675 g/mol. The molecule has 1 aromatic carbocycles. The van der Waals surface area contributed by atoms with Crippen molar-refractivity contribution in [3.8, 4) is 5.75 Å². The molecule has 1 amide bonds. The van der Waals surface area contributed by atoms with Crippen LogP contribution in [0.3, 0.4) is 0 Å². The summed E-state index contributed by atoms with van der Waals surface area (Å²) in [7, 11) is 1.66. The average molecular weight is 676 g/mol. The van der Waals surface area contributed by atoms with Crippen LogP contribution < -0.4 is 15.0 Å². The van der Waals surface area contributed by atoms with Gasteiger partial charge in [-0.25, -0.2) is 14.4 Å². The highest BCUT2D eigenvalue weighted by atomic mass is 19.1. The summed E-state index contributed by atoms with van der Waals surface area (Å²) in [6, 6.07) is 4.68. The summed E-state index contributed by atoms with van der Waals surface area (Å²) in [5.74, 6) is 2.79. The fraction of sp³-hybridized carbons (Fsp3) is 0.676. The maximum Gasteiger partial charge on any atom is 0.227 e. The Hall–Kier alpha value is -2.98. The molecule has 1 aliphatic carbocycles.